The Kier molecular flexibility index (Phi) is 14.2. The van der Waals surface area contributed by atoms with Gasteiger partial charge in [0, 0.05) is 0 Å². The molecule has 0 spiro atoms. The Bertz CT molecular complexity index is 509. The molecule has 2 bridgehead atoms. The predicted octanol–water partition coefficient (Wildman–Crippen LogP) is 10.4. The van der Waals surface area contributed by atoms with Crippen molar-refractivity contribution in [2.45, 2.75) is 133 Å². The summed E-state index contributed by atoms with van der Waals surface area (Å²) in [5, 5.41) is 0. The van der Waals surface area contributed by atoms with Gasteiger partial charge in [-0.3, -0.25) is 0 Å². The Labute approximate surface area is 192 Å². The normalized spacial score (nSPS) is 25.7. The van der Waals surface area contributed by atoms with Crippen molar-refractivity contribution < 1.29 is 0 Å². The van der Waals surface area contributed by atoms with Gasteiger partial charge in [-0.2, -0.15) is 0 Å². The molecule has 1 aromatic rings. The Morgan fingerprint density at radius 1 is 0.633 bits per heavy atom. The van der Waals surface area contributed by atoms with Crippen LogP contribution in [0.4, 0.5) is 0 Å². The molecule has 0 nitrogen and oxygen atoms in total. The molecule has 1 aromatic carbocycles. The molecule has 4 atom stereocenters. The Morgan fingerprint density at radius 3 is 1.33 bits per heavy atom. The molecular weight excluding hydrogens is 360 g/mol. The van der Waals surface area contributed by atoms with Crippen molar-refractivity contribution in [1.29, 1.82) is 0 Å². The van der Waals surface area contributed by atoms with Crippen LogP contribution < -0.4 is 0 Å². The largest absolute Gasteiger partial charge is 0.0776 e. The molecule has 0 amide bonds. The third kappa shape index (κ3) is 8.05. The summed E-state index contributed by atoms with van der Waals surface area (Å²) in [7, 11) is 0. The minimum atomic E-state index is 0. The average Bonchev–Trinajstić information content (AvgIpc) is 3.39. The number of benzene rings is 1. The van der Waals surface area contributed by atoms with Gasteiger partial charge in [0.05, 0.1) is 0 Å². The molecule has 0 N–H and O–H groups in total. The molecule has 4 unspecified atom stereocenters. The van der Waals surface area contributed by atoms with Crippen LogP contribution in [0.5, 0.6) is 0 Å². The first-order valence-corrected chi connectivity index (χ1v) is 12.3. The van der Waals surface area contributed by atoms with Crippen LogP contribution in [-0.4, -0.2) is 0 Å². The van der Waals surface area contributed by atoms with Gasteiger partial charge in [0.25, 0.3) is 0 Å². The number of fused-ring (bicyclic) bond motifs is 5. The monoisotopic (exact) mass is 418 g/mol. The minimum Gasteiger partial charge on any atom is -0.0776 e. The van der Waals surface area contributed by atoms with E-state index in [4.69, 9.17) is 0 Å². The van der Waals surface area contributed by atoms with Crippen LogP contribution in [-0.2, 0) is 10.8 Å². The first kappa shape index (κ1) is 31.4. The van der Waals surface area contributed by atoms with Gasteiger partial charge in [-0.25, -0.2) is 0 Å². The van der Waals surface area contributed by atoms with Crippen molar-refractivity contribution >= 4 is 0 Å². The van der Waals surface area contributed by atoms with Crippen LogP contribution in [0.1, 0.15) is 134 Å². The second-order valence-electron chi connectivity index (χ2n) is 10.7. The first-order chi connectivity index (χ1) is 13.2. The number of rotatable bonds is 0. The molecule has 0 radical (unpaired) electrons. The molecule has 0 heterocycles. The molecule has 0 aromatic heterocycles. The van der Waals surface area contributed by atoms with Crippen LogP contribution in [0.3, 0.4) is 0 Å². The minimum absolute atomic E-state index is 0. The van der Waals surface area contributed by atoms with Crippen molar-refractivity contribution in [3.63, 3.8) is 0 Å². The molecule has 3 aliphatic rings. The number of hydrogen-bond acceptors (Lipinski definition) is 0. The molecular formula is C30H58. The molecule has 4 rings (SSSR count). The van der Waals surface area contributed by atoms with Crippen LogP contribution in [0, 0.1) is 23.7 Å². The van der Waals surface area contributed by atoms with Gasteiger partial charge in [-0.1, -0.05) is 115 Å². The summed E-state index contributed by atoms with van der Waals surface area (Å²) in [5.74, 6) is 4.80. The summed E-state index contributed by atoms with van der Waals surface area (Å²) in [5.41, 5.74) is 3.34. The zero-order valence-corrected chi connectivity index (χ0v) is 20.9. The van der Waals surface area contributed by atoms with Crippen molar-refractivity contribution in [3.8, 4) is 0 Å². The van der Waals surface area contributed by atoms with Crippen LogP contribution in [0.2, 0.25) is 0 Å². The third-order valence-corrected chi connectivity index (χ3v) is 6.94. The van der Waals surface area contributed by atoms with Crippen molar-refractivity contribution in [2.75, 3.05) is 0 Å². The van der Waals surface area contributed by atoms with Gasteiger partial charge >= 0.3 is 0 Å². The van der Waals surface area contributed by atoms with E-state index in [-0.39, 0.29) is 25.7 Å². The lowest BCUT2D eigenvalue weighted by molar-refractivity contribution is 0.259. The lowest BCUT2D eigenvalue weighted by Gasteiger charge is -2.24. The lowest BCUT2D eigenvalue weighted by Crippen LogP contribution is -2.15. The van der Waals surface area contributed by atoms with E-state index in [1.807, 2.05) is 27.7 Å². The van der Waals surface area contributed by atoms with E-state index < -0.39 is 0 Å². The van der Waals surface area contributed by atoms with Gasteiger partial charge in [-0.05, 0) is 77.7 Å². The highest BCUT2D eigenvalue weighted by atomic mass is 14.5. The van der Waals surface area contributed by atoms with E-state index in [9.17, 15) is 0 Å². The van der Waals surface area contributed by atoms with Crippen molar-refractivity contribution in [1.82, 2.24) is 0 Å². The smallest absolute Gasteiger partial charge is 0.0132 e. The summed E-state index contributed by atoms with van der Waals surface area (Å²) in [6.07, 6.45) is 9.53. The SMILES string of the molecule is C.C.C1CC2C3CCC(C3)C2C1.CC.CC.CC(C)(C)c1cccc(C(C)(C)C)c1. The summed E-state index contributed by atoms with van der Waals surface area (Å²) in [6.45, 7) is 21.6. The van der Waals surface area contributed by atoms with E-state index in [2.05, 4.69) is 65.8 Å². The third-order valence-electron chi connectivity index (χ3n) is 6.94. The fourth-order valence-electron chi connectivity index (χ4n) is 5.47. The Balaban J connectivity index is 0. The van der Waals surface area contributed by atoms with Gasteiger partial charge in [-0.15, -0.1) is 0 Å². The maximum absolute atomic E-state index is 2.33. The van der Waals surface area contributed by atoms with Crippen LogP contribution in [0.15, 0.2) is 24.3 Å². The molecule has 0 heteroatoms. The molecule has 3 fully saturated rings. The fraction of sp³-hybridized carbons (Fsp3) is 0.800. The summed E-state index contributed by atoms with van der Waals surface area (Å²) in [4.78, 5) is 0. The van der Waals surface area contributed by atoms with Crippen molar-refractivity contribution in [2.24, 2.45) is 23.7 Å². The highest BCUT2D eigenvalue weighted by molar-refractivity contribution is 5.32. The van der Waals surface area contributed by atoms with E-state index in [0.717, 1.165) is 0 Å². The number of hydrogen-bond donors (Lipinski definition) is 0. The standard InChI is InChI=1S/C14H22.C10H16.2C2H6.2CH4/c1-13(2,3)11-8-7-9-12(10-11)14(4,5)6;1-2-9-7-4-5-8(6-7)10(9)3-1;2*1-2;;/h7-10H,1-6H3;7-10H,1-6H2;2*1-2H3;2*1H4. The van der Waals surface area contributed by atoms with E-state index >= 15 is 0 Å². The first-order valence-electron chi connectivity index (χ1n) is 12.3. The zero-order valence-electron chi connectivity index (χ0n) is 20.9. The molecule has 0 aliphatic heterocycles. The Morgan fingerprint density at radius 2 is 1.00 bits per heavy atom. The quantitative estimate of drug-likeness (QED) is 0.393. The molecule has 178 valence electrons. The highest BCUT2D eigenvalue weighted by Gasteiger charge is 2.48. The van der Waals surface area contributed by atoms with Gasteiger partial charge < -0.3 is 0 Å². The van der Waals surface area contributed by atoms with Gasteiger partial charge in [0.2, 0.25) is 0 Å². The van der Waals surface area contributed by atoms with E-state index in [0.29, 0.717) is 0 Å². The fourth-order valence-corrected chi connectivity index (χ4v) is 5.47. The predicted molar refractivity (Wildman–Crippen MR) is 142 cm³/mol. The van der Waals surface area contributed by atoms with E-state index in [1.165, 1.54) is 34.8 Å². The zero-order chi connectivity index (χ0) is 21.5. The highest BCUT2D eigenvalue weighted by Crippen LogP contribution is 2.58. The molecule has 30 heavy (non-hydrogen) atoms. The maximum Gasteiger partial charge on any atom is -0.0132 e. The summed E-state index contributed by atoms with van der Waals surface area (Å²) in [6, 6.07) is 8.94. The second kappa shape index (κ2) is 13.6. The van der Waals surface area contributed by atoms with Crippen LogP contribution >= 0.6 is 0 Å². The Hall–Kier alpha value is -0.780. The maximum atomic E-state index is 2.33. The topological polar surface area (TPSA) is 0 Å². The summed E-state index contributed by atoms with van der Waals surface area (Å²) < 4.78 is 0. The lowest BCUT2D eigenvalue weighted by atomic mass is 9.81. The van der Waals surface area contributed by atoms with E-state index in [1.54, 1.807) is 38.5 Å². The van der Waals surface area contributed by atoms with Gasteiger partial charge in [0.15, 0.2) is 0 Å². The summed E-state index contributed by atoms with van der Waals surface area (Å²) >= 11 is 0. The second-order valence-corrected chi connectivity index (χ2v) is 10.7. The molecule has 3 aliphatic carbocycles. The van der Waals surface area contributed by atoms with Crippen LogP contribution in [0.25, 0.3) is 0 Å². The van der Waals surface area contributed by atoms with Crippen molar-refractivity contribution in [3.05, 3.63) is 35.4 Å². The molecule has 0 saturated heterocycles. The average molecular weight is 419 g/mol. The van der Waals surface area contributed by atoms with Gasteiger partial charge in [0.1, 0.15) is 0 Å². The molecule has 3 saturated carbocycles.